The van der Waals surface area contributed by atoms with Crippen molar-refractivity contribution in [3.8, 4) is 5.75 Å². The van der Waals surface area contributed by atoms with Crippen LogP contribution in [0.15, 0.2) is 22.7 Å². The summed E-state index contributed by atoms with van der Waals surface area (Å²) in [5.74, 6) is 0.721. The predicted molar refractivity (Wildman–Crippen MR) is 54.6 cm³/mol. The number of para-hydroxylation sites is 1. The highest BCUT2D eigenvalue weighted by molar-refractivity contribution is 9.10. The number of hydrogen-bond donors (Lipinski definition) is 2. The van der Waals surface area contributed by atoms with Gasteiger partial charge in [0.25, 0.3) is 0 Å². The lowest BCUT2D eigenvalue weighted by molar-refractivity contribution is 0.199. The van der Waals surface area contributed by atoms with Crippen molar-refractivity contribution in [2.24, 2.45) is 5.73 Å². The quantitative estimate of drug-likeness (QED) is 0.841. The molecular formula is C9H12BrNO2. The van der Waals surface area contributed by atoms with E-state index in [-0.39, 0.29) is 13.2 Å². The Balaban J connectivity index is 2.87. The number of hydrogen-bond acceptors (Lipinski definition) is 3. The molecule has 0 spiro atoms. The van der Waals surface area contributed by atoms with Crippen molar-refractivity contribution < 1.29 is 9.84 Å². The highest BCUT2D eigenvalue weighted by Crippen LogP contribution is 2.28. The second-order valence-electron chi connectivity index (χ2n) is 2.50. The number of rotatable bonds is 4. The first kappa shape index (κ1) is 10.5. The van der Waals surface area contributed by atoms with Crippen molar-refractivity contribution in [3.05, 3.63) is 28.2 Å². The van der Waals surface area contributed by atoms with E-state index in [4.69, 9.17) is 15.6 Å². The summed E-state index contributed by atoms with van der Waals surface area (Å²) in [6.07, 6.45) is 0. The van der Waals surface area contributed by atoms with Gasteiger partial charge < -0.3 is 15.6 Å². The van der Waals surface area contributed by atoms with E-state index < -0.39 is 0 Å². The molecule has 0 aliphatic heterocycles. The number of halogens is 1. The van der Waals surface area contributed by atoms with E-state index in [1.807, 2.05) is 18.2 Å². The molecular weight excluding hydrogens is 234 g/mol. The zero-order valence-electron chi connectivity index (χ0n) is 7.16. The average molecular weight is 246 g/mol. The maximum atomic E-state index is 8.61. The van der Waals surface area contributed by atoms with Crippen LogP contribution in [0.25, 0.3) is 0 Å². The molecule has 3 nitrogen and oxygen atoms in total. The molecule has 1 rings (SSSR count). The maximum Gasteiger partial charge on any atom is 0.138 e. The van der Waals surface area contributed by atoms with Gasteiger partial charge in [-0.1, -0.05) is 12.1 Å². The van der Waals surface area contributed by atoms with Crippen LogP contribution < -0.4 is 10.5 Å². The average Bonchev–Trinajstić information content (AvgIpc) is 2.15. The molecule has 3 N–H and O–H groups in total. The van der Waals surface area contributed by atoms with E-state index in [9.17, 15) is 0 Å². The van der Waals surface area contributed by atoms with Crippen molar-refractivity contribution >= 4 is 15.9 Å². The Hall–Kier alpha value is -0.580. The van der Waals surface area contributed by atoms with Crippen LogP contribution in [0.3, 0.4) is 0 Å². The summed E-state index contributed by atoms with van der Waals surface area (Å²) in [5, 5.41) is 8.61. The van der Waals surface area contributed by atoms with Gasteiger partial charge in [-0.3, -0.25) is 0 Å². The minimum atomic E-state index is 0.00530. The first-order chi connectivity index (χ1) is 6.29. The number of ether oxygens (including phenoxy) is 1. The van der Waals surface area contributed by atoms with Gasteiger partial charge in [-0.05, 0) is 22.0 Å². The lowest BCUT2D eigenvalue weighted by Crippen LogP contribution is -2.06. The van der Waals surface area contributed by atoms with Crippen molar-refractivity contribution in [2.45, 2.75) is 6.54 Å². The third-order valence-electron chi connectivity index (χ3n) is 1.61. The standard InChI is InChI=1S/C9H12BrNO2/c10-8-3-1-2-7(6-11)9(8)13-5-4-12/h1-3,12H,4-6,11H2. The lowest BCUT2D eigenvalue weighted by Gasteiger charge is -2.10. The second kappa shape index (κ2) is 5.21. The molecule has 4 heteroatoms. The van der Waals surface area contributed by atoms with Crippen LogP contribution in [-0.4, -0.2) is 18.3 Å². The second-order valence-corrected chi connectivity index (χ2v) is 3.36. The summed E-state index contributed by atoms with van der Waals surface area (Å²) in [5.41, 5.74) is 6.46. The Morgan fingerprint density at radius 1 is 1.46 bits per heavy atom. The molecule has 0 atom stereocenters. The molecule has 13 heavy (non-hydrogen) atoms. The Kier molecular flexibility index (Phi) is 4.21. The third-order valence-corrected chi connectivity index (χ3v) is 2.23. The van der Waals surface area contributed by atoms with E-state index in [0.29, 0.717) is 6.54 Å². The lowest BCUT2D eigenvalue weighted by atomic mass is 10.2. The highest BCUT2D eigenvalue weighted by atomic mass is 79.9. The monoisotopic (exact) mass is 245 g/mol. The normalized spacial score (nSPS) is 10.1. The minimum absolute atomic E-state index is 0.00530. The summed E-state index contributed by atoms with van der Waals surface area (Å²) in [6.45, 7) is 0.723. The van der Waals surface area contributed by atoms with Gasteiger partial charge in [0.2, 0.25) is 0 Å². The topological polar surface area (TPSA) is 55.5 Å². The van der Waals surface area contributed by atoms with E-state index in [2.05, 4.69) is 15.9 Å². The molecule has 0 radical (unpaired) electrons. The van der Waals surface area contributed by atoms with Crippen molar-refractivity contribution in [3.63, 3.8) is 0 Å². The van der Waals surface area contributed by atoms with Crippen LogP contribution in [-0.2, 0) is 6.54 Å². The van der Waals surface area contributed by atoms with Crippen LogP contribution in [0, 0.1) is 0 Å². The van der Waals surface area contributed by atoms with Crippen molar-refractivity contribution in [1.82, 2.24) is 0 Å². The summed E-state index contributed by atoms with van der Waals surface area (Å²) >= 11 is 3.36. The largest absolute Gasteiger partial charge is 0.490 e. The van der Waals surface area contributed by atoms with Gasteiger partial charge in [-0.25, -0.2) is 0 Å². The molecule has 1 aromatic carbocycles. The molecule has 0 aliphatic carbocycles. The van der Waals surface area contributed by atoms with E-state index in [1.54, 1.807) is 0 Å². The smallest absolute Gasteiger partial charge is 0.138 e. The van der Waals surface area contributed by atoms with Crippen molar-refractivity contribution in [2.75, 3.05) is 13.2 Å². The zero-order valence-corrected chi connectivity index (χ0v) is 8.75. The van der Waals surface area contributed by atoms with Crippen LogP contribution in [0.1, 0.15) is 5.56 Å². The number of aliphatic hydroxyl groups excluding tert-OH is 1. The SMILES string of the molecule is NCc1cccc(Br)c1OCCO. The minimum Gasteiger partial charge on any atom is -0.490 e. The molecule has 0 amide bonds. The number of aliphatic hydroxyl groups is 1. The van der Waals surface area contributed by atoms with Crippen LogP contribution in [0.4, 0.5) is 0 Å². The summed E-state index contributed by atoms with van der Waals surface area (Å²) in [6, 6.07) is 5.68. The third kappa shape index (κ3) is 2.69. The molecule has 0 heterocycles. The van der Waals surface area contributed by atoms with E-state index >= 15 is 0 Å². The number of nitrogens with two attached hydrogens (primary N) is 1. The highest BCUT2D eigenvalue weighted by Gasteiger charge is 2.05. The Morgan fingerprint density at radius 2 is 2.23 bits per heavy atom. The first-order valence-electron chi connectivity index (χ1n) is 4.00. The maximum absolute atomic E-state index is 8.61. The van der Waals surface area contributed by atoms with Gasteiger partial charge in [-0.2, -0.15) is 0 Å². The molecule has 0 aromatic heterocycles. The van der Waals surface area contributed by atoms with E-state index in [0.717, 1.165) is 15.8 Å². The van der Waals surface area contributed by atoms with Gasteiger partial charge in [0, 0.05) is 12.1 Å². The van der Waals surface area contributed by atoms with Gasteiger partial charge in [0.15, 0.2) is 0 Å². The predicted octanol–water partition coefficient (Wildman–Crippen LogP) is 1.28. The molecule has 0 saturated carbocycles. The first-order valence-corrected chi connectivity index (χ1v) is 4.80. The summed E-state index contributed by atoms with van der Waals surface area (Å²) in [4.78, 5) is 0. The molecule has 0 bridgehead atoms. The van der Waals surface area contributed by atoms with Crippen molar-refractivity contribution in [1.29, 1.82) is 0 Å². The Bertz CT molecular complexity index is 278. The van der Waals surface area contributed by atoms with Crippen LogP contribution >= 0.6 is 15.9 Å². The summed E-state index contributed by atoms with van der Waals surface area (Å²) < 4.78 is 6.20. The molecule has 0 aliphatic rings. The molecule has 0 saturated heterocycles. The van der Waals surface area contributed by atoms with Crippen LogP contribution in [0.5, 0.6) is 5.75 Å². The van der Waals surface area contributed by atoms with Gasteiger partial charge in [-0.15, -0.1) is 0 Å². The molecule has 0 fully saturated rings. The molecule has 72 valence electrons. The van der Waals surface area contributed by atoms with E-state index in [1.165, 1.54) is 0 Å². The Morgan fingerprint density at radius 3 is 2.85 bits per heavy atom. The van der Waals surface area contributed by atoms with Gasteiger partial charge in [0.05, 0.1) is 11.1 Å². The summed E-state index contributed by atoms with van der Waals surface area (Å²) in [7, 11) is 0. The fourth-order valence-electron chi connectivity index (χ4n) is 1.02. The molecule has 0 unspecified atom stereocenters. The fourth-order valence-corrected chi connectivity index (χ4v) is 1.55. The fraction of sp³-hybridized carbons (Fsp3) is 0.333. The molecule has 1 aromatic rings. The Labute approximate surface area is 85.6 Å². The van der Waals surface area contributed by atoms with Gasteiger partial charge >= 0.3 is 0 Å². The zero-order chi connectivity index (χ0) is 9.68. The number of benzene rings is 1. The van der Waals surface area contributed by atoms with Gasteiger partial charge in [0.1, 0.15) is 12.4 Å². The van der Waals surface area contributed by atoms with Crippen LogP contribution in [0.2, 0.25) is 0 Å².